The molecular formula is C38H46Cl2Zr-2. The number of benzene rings is 2. The van der Waals surface area contributed by atoms with E-state index in [4.69, 9.17) is 0 Å². The molecule has 3 heteroatoms. The van der Waals surface area contributed by atoms with Crippen molar-refractivity contribution in [1.82, 2.24) is 0 Å². The van der Waals surface area contributed by atoms with Gasteiger partial charge in [0.2, 0.25) is 0 Å². The van der Waals surface area contributed by atoms with E-state index in [0.29, 0.717) is 11.3 Å². The van der Waals surface area contributed by atoms with E-state index in [1.165, 1.54) is 64.4 Å². The summed E-state index contributed by atoms with van der Waals surface area (Å²) in [6.07, 6.45) is 14.8. The zero-order valence-corrected chi connectivity index (χ0v) is 31.1. The fourth-order valence-corrected chi connectivity index (χ4v) is 6.33. The molecule has 41 heavy (non-hydrogen) atoms. The minimum atomic E-state index is 0. The maximum absolute atomic E-state index is 3.65. The summed E-state index contributed by atoms with van der Waals surface area (Å²) in [6, 6.07) is 9.81. The molecule has 218 valence electrons. The molecule has 0 N–H and O–H groups in total. The fraction of sp³-hybridized carbons (Fsp3) is 0.447. The quantitative estimate of drug-likeness (QED) is 0.317. The molecule has 4 aliphatic carbocycles. The van der Waals surface area contributed by atoms with Gasteiger partial charge in [-0.15, -0.1) is 11.6 Å². The Morgan fingerprint density at radius 1 is 0.854 bits per heavy atom. The van der Waals surface area contributed by atoms with Gasteiger partial charge in [-0.25, -0.2) is 11.6 Å². The second-order valence-corrected chi connectivity index (χ2v) is 16.6. The predicted octanol–water partition coefficient (Wildman–Crippen LogP) is 4.17. The van der Waals surface area contributed by atoms with Gasteiger partial charge in [-0.2, -0.15) is 17.2 Å². The van der Waals surface area contributed by atoms with Crippen molar-refractivity contribution in [2.24, 2.45) is 11.3 Å². The van der Waals surface area contributed by atoms with Crippen molar-refractivity contribution in [3.8, 4) is 11.1 Å². The molecule has 4 aliphatic rings. The molecule has 0 bridgehead atoms. The molecule has 1 unspecified atom stereocenters. The number of halogens is 2. The van der Waals surface area contributed by atoms with Crippen LogP contribution in [0.25, 0.3) is 22.3 Å². The summed E-state index contributed by atoms with van der Waals surface area (Å²) in [5.41, 5.74) is 16.3. The molecule has 0 spiro atoms. The maximum atomic E-state index is 3.65. The van der Waals surface area contributed by atoms with Crippen LogP contribution in [0.5, 0.6) is 0 Å². The third-order valence-electron chi connectivity index (χ3n) is 8.23. The van der Waals surface area contributed by atoms with Crippen molar-refractivity contribution in [3.63, 3.8) is 0 Å². The van der Waals surface area contributed by atoms with Gasteiger partial charge in [0.05, 0.1) is 0 Å². The number of hydrogen-bond acceptors (Lipinski definition) is 0. The molecule has 6 rings (SSSR count). The number of hydrogen-bond donors (Lipinski definition) is 0. The van der Waals surface area contributed by atoms with Crippen LogP contribution in [0.4, 0.5) is 0 Å². The van der Waals surface area contributed by atoms with Crippen molar-refractivity contribution < 1.29 is 49.0 Å². The van der Waals surface area contributed by atoms with E-state index in [-0.39, 0.29) is 35.6 Å². The second kappa shape index (κ2) is 12.8. The minimum Gasteiger partial charge on any atom is -1.00 e. The van der Waals surface area contributed by atoms with Crippen LogP contribution in [0.2, 0.25) is 0 Å². The van der Waals surface area contributed by atoms with E-state index in [1.54, 1.807) is 24.2 Å². The average molecular weight is 665 g/mol. The van der Waals surface area contributed by atoms with E-state index >= 15 is 0 Å². The van der Waals surface area contributed by atoms with E-state index in [0.717, 1.165) is 6.42 Å². The van der Waals surface area contributed by atoms with Crippen LogP contribution in [-0.4, -0.2) is 3.21 Å². The Kier molecular flexibility index (Phi) is 11.2. The molecule has 0 nitrogen and oxygen atoms in total. The monoisotopic (exact) mass is 662 g/mol. The molecule has 0 amide bonds. The smallest absolute Gasteiger partial charge is 1.00 e. The Bertz CT molecular complexity index is 1380. The van der Waals surface area contributed by atoms with Crippen LogP contribution in [0, 0.1) is 23.5 Å². The standard InChI is InChI=1S/C25H25.C10H15.C3H6.2ClH.Zr/c1-14-12-24(3,4)22-8-16-7-17-9-23-19(15(2)13-25(23,5)6)11-21(17)20(16)10-18(14)22;1-8-5-6-9(7-8)10(2,3)4;1-3-2;;;/h8-12H,7H2,1-6H3;6-8H,1-4H3;1-2H3;2*1H;/q2*-1;;;;+2/p-2. The number of allylic oxidation sites excluding steroid dienone is 8. The Hall–Kier alpha value is -1.27. The summed E-state index contributed by atoms with van der Waals surface area (Å²) in [5.74, 6) is 0.522. The normalized spacial score (nSPS) is 19.4. The molecule has 0 saturated carbocycles. The van der Waals surface area contributed by atoms with Gasteiger partial charge in [-0.05, 0) is 58.4 Å². The first-order valence-electron chi connectivity index (χ1n) is 14.4. The molecule has 0 radical (unpaired) electrons. The van der Waals surface area contributed by atoms with E-state index in [9.17, 15) is 0 Å². The summed E-state index contributed by atoms with van der Waals surface area (Å²) >= 11 is 1.55. The third-order valence-corrected chi connectivity index (χ3v) is 8.23. The molecule has 0 heterocycles. The van der Waals surface area contributed by atoms with Gasteiger partial charge in [0.25, 0.3) is 0 Å². The Morgan fingerprint density at radius 2 is 1.37 bits per heavy atom. The van der Waals surface area contributed by atoms with Gasteiger partial charge in [0.15, 0.2) is 0 Å². The Labute approximate surface area is 278 Å². The molecule has 2 aromatic carbocycles. The van der Waals surface area contributed by atoms with Crippen LogP contribution in [0.3, 0.4) is 0 Å². The van der Waals surface area contributed by atoms with Crippen molar-refractivity contribution in [2.75, 3.05) is 0 Å². The second-order valence-electron chi connectivity index (χ2n) is 14.2. The van der Waals surface area contributed by atoms with Gasteiger partial charge in [0, 0.05) is 5.41 Å². The van der Waals surface area contributed by atoms with Crippen LogP contribution in [-0.2, 0) is 41.5 Å². The molecular weight excluding hydrogens is 619 g/mol. The molecule has 0 saturated heterocycles. The third kappa shape index (κ3) is 7.45. The summed E-state index contributed by atoms with van der Waals surface area (Å²) in [6.45, 7) is 26.8. The molecule has 0 aliphatic heterocycles. The van der Waals surface area contributed by atoms with E-state index in [1.807, 2.05) is 0 Å². The summed E-state index contributed by atoms with van der Waals surface area (Å²) in [5, 5.41) is 0. The van der Waals surface area contributed by atoms with Gasteiger partial charge < -0.3 is 24.8 Å². The number of fused-ring (bicyclic) bond motifs is 5. The maximum Gasteiger partial charge on any atom is -1.00 e. The largest absolute Gasteiger partial charge is 1.00 e. The first-order valence-corrected chi connectivity index (χ1v) is 15.6. The first kappa shape index (κ1) is 35.9. The van der Waals surface area contributed by atoms with Crippen molar-refractivity contribution >= 4 is 14.4 Å². The fourth-order valence-electron chi connectivity index (χ4n) is 6.33. The molecule has 2 aromatic rings. The average Bonchev–Trinajstić information content (AvgIpc) is 3.49. The van der Waals surface area contributed by atoms with Gasteiger partial charge in [-0.3, -0.25) is 12.2 Å². The van der Waals surface area contributed by atoms with Crippen molar-refractivity contribution in [2.45, 2.75) is 100 Å². The van der Waals surface area contributed by atoms with Crippen molar-refractivity contribution in [3.05, 3.63) is 93.6 Å². The zero-order chi connectivity index (χ0) is 29.1. The van der Waals surface area contributed by atoms with Crippen LogP contribution < -0.4 is 24.8 Å². The minimum absolute atomic E-state index is 0. The summed E-state index contributed by atoms with van der Waals surface area (Å²) in [7, 11) is 0. The van der Waals surface area contributed by atoms with Crippen LogP contribution in [0.15, 0.2) is 48.1 Å². The number of rotatable bonds is 0. The molecule has 0 aromatic heterocycles. The van der Waals surface area contributed by atoms with Gasteiger partial charge in [-0.1, -0.05) is 97.3 Å². The summed E-state index contributed by atoms with van der Waals surface area (Å²) < 4.78 is 1.51. The predicted molar refractivity (Wildman–Crippen MR) is 168 cm³/mol. The van der Waals surface area contributed by atoms with E-state index in [2.05, 4.69) is 138 Å². The molecule has 1 atom stereocenters. The van der Waals surface area contributed by atoms with Gasteiger partial charge in [0.1, 0.15) is 0 Å². The van der Waals surface area contributed by atoms with Crippen LogP contribution in [0.1, 0.15) is 116 Å². The van der Waals surface area contributed by atoms with Crippen LogP contribution >= 0.6 is 0 Å². The van der Waals surface area contributed by atoms with Gasteiger partial charge >= 0.3 is 41.3 Å². The summed E-state index contributed by atoms with van der Waals surface area (Å²) in [4.78, 5) is 0. The SMILES string of the molecule is CC1=[C-]C(C)(C)c2cc3c(cc21)-c1cc2c(cc1C3)C(C)(C)C=C2C.CC1[C-]=CC(C(C)(C)C)=C1.C[C](C)=[Zr+2].[Cl-].[Cl-]. The van der Waals surface area contributed by atoms with Crippen molar-refractivity contribution in [1.29, 1.82) is 0 Å². The molecule has 0 fully saturated rings. The van der Waals surface area contributed by atoms with E-state index < -0.39 is 0 Å². The first-order chi connectivity index (χ1) is 17.9. The topological polar surface area (TPSA) is 0 Å². The zero-order valence-electron chi connectivity index (χ0n) is 27.1. The Morgan fingerprint density at radius 3 is 1.83 bits per heavy atom. The Balaban J connectivity index is 0.000000310.